The Balaban J connectivity index is 1.64. The molecule has 122 valence electrons. The summed E-state index contributed by atoms with van der Waals surface area (Å²) in [4.78, 5) is 14.5. The number of amides is 1. The standard InChI is InChI=1S/C16H25N3O3/c1-12-10-14(18(2)17-12)15(20)19-7-5-16(6-8-19)11-13(21-3)4-9-22-16/h10,13H,4-9,11H2,1-3H3. The van der Waals surface area contributed by atoms with Gasteiger partial charge in [0.25, 0.3) is 5.91 Å². The van der Waals surface area contributed by atoms with Crippen molar-refractivity contribution in [2.45, 2.75) is 44.3 Å². The number of methoxy groups -OCH3 is 1. The van der Waals surface area contributed by atoms with Crippen molar-refractivity contribution in [3.8, 4) is 0 Å². The van der Waals surface area contributed by atoms with Crippen molar-refractivity contribution < 1.29 is 14.3 Å². The number of nitrogens with zero attached hydrogens (tertiary/aromatic N) is 3. The highest BCUT2D eigenvalue weighted by Crippen LogP contribution is 2.36. The predicted molar refractivity (Wildman–Crippen MR) is 81.8 cm³/mol. The maximum absolute atomic E-state index is 12.6. The minimum atomic E-state index is -0.0991. The first kappa shape index (κ1) is 15.5. The molecule has 2 aliphatic rings. The Labute approximate surface area is 131 Å². The number of ether oxygens (including phenoxy) is 2. The summed E-state index contributed by atoms with van der Waals surface area (Å²) in [7, 11) is 3.59. The molecule has 0 radical (unpaired) electrons. The summed E-state index contributed by atoms with van der Waals surface area (Å²) in [5.74, 6) is 0.0667. The number of aryl methyl sites for hydroxylation is 2. The summed E-state index contributed by atoms with van der Waals surface area (Å²) < 4.78 is 13.2. The maximum atomic E-state index is 12.6. The van der Waals surface area contributed by atoms with Gasteiger partial charge in [-0.15, -0.1) is 0 Å². The highest BCUT2D eigenvalue weighted by molar-refractivity contribution is 5.92. The third-order valence-electron chi connectivity index (χ3n) is 4.96. The van der Waals surface area contributed by atoms with Crippen LogP contribution >= 0.6 is 0 Å². The number of hydrogen-bond donors (Lipinski definition) is 0. The zero-order valence-electron chi connectivity index (χ0n) is 13.7. The Kier molecular flexibility index (Phi) is 4.23. The zero-order valence-corrected chi connectivity index (χ0v) is 13.7. The molecule has 3 rings (SSSR count). The molecule has 1 spiro atoms. The molecule has 0 aliphatic carbocycles. The van der Waals surface area contributed by atoms with Crippen LogP contribution in [0.2, 0.25) is 0 Å². The van der Waals surface area contributed by atoms with E-state index < -0.39 is 0 Å². The predicted octanol–water partition coefficient (Wildman–Crippen LogP) is 1.53. The fourth-order valence-corrected chi connectivity index (χ4v) is 3.62. The molecule has 1 amide bonds. The fourth-order valence-electron chi connectivity index (χ4n) is 3.62. The van der Waals surface area contributed by atoms with Crippen LogP contribution in [-0.4, -0.2) is 59.1 Å². The third-order valence-corrected chi connectivity index (χ3v) is 4.96. The summed E-state index contributed by atoms with van der Waals surface area (Å²) in [5, 5.41) is 4.26. The van der Waals surface area contributed by atoms with Gasteiger partial charge in [0.2, 0.25) is 0 Å². The molecule has 2 aliphatic heterocycles. The lowest BCUT2D eigenvalue weighted by atomic mass is 9.83. The van der Waals surface area contributed by atoms with E-state index in [1.54, 1.807) is 11.8 Å². The zero-order chi connectivity index (χ0) is 15.7. The number of carbonyl (C=O) groups excluding carboxylic acids is 1. The van der Waals surface area contributed by atoms with E-state index in [-0.39, 0.29) is 17.6 Å². The molecule has 1 aromatic rings. The van der Waals surface area contributed by atoms with E-state index in [0.717, 1.165) is 51.1 Å². The van der Waals surface area contributed by atoms with Crippen molar-refractivity contribution in [3.05, 3.63) is 17.5 Å². The van der Waals surface area contributed by atoms with Crippen LogP contribution in [0.5, 0.6) is 0 Å². The number of likely N-dealkylation sites (tertiary alicyclic amines) is 1. The lowest BCUT2D eigenvalue weighted by Crippen LogP contribution is -2.52. The highest BCUT2D eigenvalue weighted by Gasteiger charge is 2.41. The summed E-state index contributed by atoms with van der Waals surface area (Å²) in [6, 6.07) is 1.85. The molecule has 0 bridgehead atoms. The van der Waals surface area contributed by atoms with Gasteiger partial charge in [0, 0.05) is 40.3 Å². The highest BCUT2D eigenvalue weighted by atomic mass is 16.5. The molecule has 6 heteroatoms. The van der Waals surface area contributed by atoms with E-state index in [9.17, 15) is 4.79 Å². The number of hydrogen-bond acceptors (Lipinski definition) is 4. The van der Waals surface area contributed by atoms with E-state index in [2.05, 4.69) is 5.10 Å². The Morgan fingerprint density at radius 1 is 1.45 bits per heavy atom. The average molecular weight is 307 g/mol. The largest absolute Gasteiger partial charge is 0.381 e. The van der Waals surface area contributed by atoms with Crippen molar-refractivity contribution in [2.24, 2.45) is 7.05 Å². The minimum absolute atomic E-state index is 0.0667. The monoisotopic (exact) mass is 307 g/mol. The second-order valence-corrected chi connectivity index (χ2v) is 6.47. The topological polar surface area (TPSA) is 56.6 Å². The molecule has 2 saturated heterocycles. The summed E-state index contributed by atoms with van der Waals surface area (Å²) >= 11 is 0. The quantitative estimate of drug-likeness (QED) is 0.831. The van der Waals surface area contributed by atoms with Crippen molar-refractivity contribution in [2.75, 3.05) is 26.8 Å². The van der Waals surface area contributed by atoms with Gasteiger partial charge in [-0.1, -0.05) is 0 Å². The van der Waals surface area contributed by atoms with Crippen molar-refractivity contribution in [1.29, 1.82) is 0 Å². The molecule has 6 nitrogen and oxygen atoms in total. The molecule has 1 aromatic heterocycles. The van der Waals surface area contributed by atoms with E-state index in [1.807, 2.05) is 24.9 Å². The van der Waals surface area contributed by atoms with Gasteiger partial charge in [-0.2, -0.15) is 5.10 Å². The van der Waals surface area contributed by atoms with Crippen LogP contribution < -0.4 is 0 Å². The van der Waals surface area contributed by atoms with Gasteiger partial charge >= 0.3 is 0 Å². The maximum Gasteiger partial charge on any atom is 0.272 e. The number of aromatic nitrogens is 2. The van der Waals surface area contributed by atoms with Crippen LogP contribution in [-0.2, 0) is 16.5 Å². The van der Waals surface area contributed by atoms with E-state index in [1.165, 1.54) is 0 Å². The molecule has 1 atom stereocenters. The lowest BCUT2D eigenvalue weighted by molar-refractivity contribution is -0.146. The normalized spacial score (nSPS) is 24.7. The van der Waals surface area contributed by atoms with Gasteiger partial charge in [-0.3, -0.25) is 9.48 Å². The molecule has 0 saturated carbocycles. The van der Waals surface area contributed by atoms with Crippen LogP contribution in [0.3, 0.4) is 0 Å². The van der Waals surface area contributed by atoms with Crippen molar-refractivity contribution in [1.82, 2.24) is 14.7 Å². The first-order valence-electron chi connectivity index (χ1n) is 8.00. The van der Waals surface area contributed by atoms with Crippen LogP contribution in [0.15, 0.2) is 6.07 Å². The molecular weight excluding hydrogens is 282 g/mol. The Bertz CT molecular complexity index is 547. The van der Waals surface area contributed by atoms with E-state index in [0.29, 0.717) is 5.69 Å². The van der Waals surface area contributed by atoms with Gasteiger partial charge < -0.3 is 14.4 Å². The minimum Gasteiger partial charge on any atom is -0.381 e. The van der Waals surface area contributed by atoms with Crippen molar-refractivity contribution >= 4 is 5.91 Å². The summed E-state index contributed by atoms with van der Waals surface area (Å²) in [6.45, 7) is 4.13. The Morgan fingerprint density at radius 2 is 2.18 bits per heavy atom. The average Bonchev–Trinajstić information content (AvgIpc) is 2.86. The van der Waals surface area contributed by atoms with Gasteiger partial charge in [0.15, 0.2) is 0 Å². The molecule has 2 fully saturated rings. The SMILES string of the molecule is COC1CCOC2(CCN(C(=O)c3cc(C)nn3C)CC2)C1. The van der Waals surface area contributed by atoms with Crippen LogP contribution in [0.25, 0.3) is 0 Å². The molecule has 3 heterocycles. The van der Waals surface area contributed by atoms with Crippen molar-refractivity contribution in [3.63, 3.8) is 0 Å². The van der Waals surface area contributed by atoms with Gasteiger partial charge in [0.05, 0.1) is 17.4 Å². The first-order valence-corrected chi connectivity index (χ1v) is 8.00. The molecule has 1 unspecified atom stereocenters. The molecule has 0 N–H and O–H groups in total. The van der Waals surface area contributed by atoms with Gasteiger partial charge in [-0.25, -0.2) is 0 Å². The van der Waals surface area contributed by atoms with Gasteiger partial charge in [0.1, 0.15) is 5.69 Å². The Morgan fingerprint density at radius 3 is 2.77 bits per heavy atom. The number of piperidine rings is 1. The third kappa shape index (κ3) is 2.90. The first-order chi connectivity index (χ1) is 10.5. The molecule has 0 aromatic carbocycles. The number of rotatable bonds is 2. The summed E-state index contributed by atoms with van der Waals surface area (Å²) in [6.07, 6.45) is 3.96. The van der Waals surface area contributed by atoms with Gasteiger partial charge in [-0.05, 0) is 32.3 Å². The van der Waals surface area contributed by atoms with Crippen LogP contribution in [0, 0.1) is 6.92 Å². The van der Waals surface area contributed by atoms with E-state index in [4.69, 9.17) is 9.47 Å². The Hall–Kier alpha value is -1.40. The fraction of sp³-hybridized carbons (Fsp3) is 0.750. The lowest BCUT2D eigenvalue weighted by Gasteiger charge is -2.45. The van der Waals surface area contributed by atoms with E-state index >= 15 is 0 Å². The second kappa shape index (κ2) is 6.01. The van der Waals surface area contributed by atoms with Crippen LogP contribution in [0.4, 0.5) is 0 Å². The molecule has 22 heavy (non-hydrogen) atoms. The number of carbonyl (C=O) groups is 1. The summed E-state index contributed by atoms with van der Waals surface area (Å²) in [5.41, 5.74) is 1.43. The smallest absolute Gasteiger partial charge is 0.272 e. The second-order valence-electron chi connectivity index (χ2n) is 6.47. The van der Waals surface area contributed by atoms with Crippen LogP contribution in [0.1, 0.15) is 41.9 Å². The molecular formula is C16H25N3O3.